The maximum Gasteiger partial charge on any atom is 0.305 e. The van der Waals surface area contributed by atoms with Gasteiger partial charge in [-0.2, -0.15) is 0 Å². The number of aryl methyl sites for hydroxylation is 1. The van der Waals surface area contributed by atoms with Crippen molar-refractivity contribution in [3.8, 4) is 0 Å². The van der Waals surface area contributed by atoms with E-state index in [1.165, 1.54) is 0 Å². The van der Waals surface area contributed by atoms with Crippen LogP contribution in [0.5, 0.6) is 0 Å². The first-order chi connectivity index (χ1) is 10.4. The topological polar surface area (TPSA) is 87.8 Å². The summed E-state index contributed by atoms with van der Waals surface area (Å²) in [7, 11) is 0. The number of aliphatic carboxylic acids is 1. The van der Waals surface area contributed by atoms with Crippen molar-refractivity contribution in [1.82, 2.24) is 19.5 Å². The highest BCUT2D eigenvalue weighted by atomic mass is 16.4. The molecule has 7 heteroatoms. The van der Waals surface area contributed by atoms with Gasteiger partial charge in [-0.25, -0.2) is 0 Å². The normalized spacial score (nSPS) is 11.1. The number of hydrogen-bond acceptors (Lipinski definition) is 4. The molecule has 0 atom stereocenters. The third-order valence-corrected chi connectivity index (χ3v) is 3.29. The van der Waals surface area contributed by atoms with Gasteiger partial charge in [-0.1, -0.05) is 13.8 Å². The number of carbonyl (C=O) groups excluding carboxylic acids is 1. The molecule has 7 nitrogen and oxygen atoms in total. The Hall–Kier alpha value is -2.44. The Balaban J connectivity index is 2.26. The second-order valence-corrected chi connectivity index (χ2v) is 5.68. The fraction of sp³-hybridized carbons (Fsp3) is 0.467. The molecule has 22 heavy (non-hydrogen) atoms. The van der Waals surface area contributed by atoms with Crippen LogP contribution < -0.4 is 0 Å². The summed E-state index contributed by atoms with van der Waals surface area (Å²) in [4.78, 5) is 25.0. The van der Waals surface area contributed by atoms with Crippen LogP contribution in [0.1, 0.15) is 36.5 Å². The predicted octanol–water partition coefficient (Wildman–Crippen LogP) is 1.61. The first-order valence-electron chi connectivity index (χ1n) is 7.21. The summed E-state index contributed by atoms with van der Waals surface area (Å²) >= 11 is 0. The van der Waals surface area contributed by atoms with E-state index in [1.807, 2.05) is 20.8 Å². The van der Waals surface area contributed by atoms with E-state index in [9.17, 15) is 9.59 Å². The Bertz CT molecular complexity index is 693. The van der Waals surface area contributed by atoms with Crippen LogP contribution in [0.25, 0.3) is 5.65 Å². The van der Waals surface area contributed by atoms with Crippen molar-refractivity contribution in [1.29, 1.82) is 0 Å². The highest BCUT2D eigenvalue weighted by Crippen LogP contribution is 2.11. The van der Waals surface area contributed by atoms with Gasteiger partial charge in [0.05, 0.1) is 12.0 Å². The molecule has 2 rings (SSSR count). The van der Waals surface area contributed by atoms with Crippen molar-refractivity contribution in [2.45, 2.75) is 27.2 Å². The minimum Gasteiger partial charge on any atom is -0.481 e. The maximum absolute atomic E-state index is 12.6. The summed E-state index contributed by atoms with van der Waals surface area (Å²) in [5.74, 6) is -0.125. The van der Waals surface area contributed by atoms with Crippen molar-refractivity contribution in [3.05, 3.63) is 29.7 Å². The van der Waals surface area contributed by atoms with Crippen molar-refractivity contribution in [2.75, 3.05) is 13.1 Å². The number of carboxylic acid groups (broad SMARTS) is 1. The van der Waals surface area contributed by atoms with Crippen LogP contribution in [-0.2, 0) is 4.79 Å². The number of pyridine rings is 1. The van der Waals surface area contributed by atoms with Crippen molar-refractivity contribution < 1.29 is 14.7 Å². The van der Waals surface area contributed by atoms with Gasteiger partial charge in [0.1, 0.15) is 5.82 Å². The lowest BCUT2D eigenvalue weighted by Crippen LogP contribution is -2.36. The number of aromatic nitrogens is 3. The van der Waals surface area contributed by atoms with E-state index < -0.39 is 5.97 Å². The number of carboxylic acids is 1. The molecule has 2 aromatic rings. The van der Waals surface area contributed by atoms with Gasteiger partial charge >= 0.3 is 5.97 Å². The third-order valence-electron chi connectivity index (χ3n) is 3.29. The standard InChI is InChI=1S/C15H20N4O3/c1-10(2)8-18(7-6-14(20)21)15(22)12-4-5-13-17-16-11(3)19(13)9-12/h4-5,9-10H,6-8H2,1-3H3,(H,20,21). The van der Waals surface area contributed by atoms with Gasteiger partial charge in [-0.3, -0.25) is 14.0 Å². The zero-order valence-corrected chi connectivity index (χ0v) is 13.0. The zero-order chi connectivity index (χ0) is 16.3. The van der Waals surface area contributed by atoms with Gasteiger partial charge in [0, 0.05) is 19.3 Å². The molecular formula is C15H20N4O3. The lowest BCUT2D eigenvalue weighted by atomic mass is 10.1. The Morgan fingerprint density at radius 2 is 2.05 bits per heavy atom. The summed E-state index contributed by atoms with van der Waals surface area (Å²) < 4.78 is 1.75. The van der Waals surface area contributed by atoms with Gasteiger partial charge in [-0.15, -0.1) is 10.2 Å². The molecule has 2 aromatic heterocycles. The molecule has 0 spiro atoms. The minimum absolute atomic E-state index is 0.0631. The van der Waals surface area contributed by atoms with E-state index in [0.29, 0.717) is 23.6 Å². The highest BCUT2D eigenvalue weighted by molar-refractivity contribution is 5.94. The third kappa shape index (κ3) is 3.60. The number of hydrogen-bond donors (Lipinski definition) is 1. The molecular weight excluding hydrogens is 284 g/mol. The number of fused-ring (bicyclic) bond motifs is 1. The summed E-state index contributed by atoms with van der Waals surface area (Å²) in [5, 5.41) is 16.8. The van der Waals surface area contributed by atoms with Crippen LogP contribution >= 0.6 is 0 Å². The molecule has 0 aliphatic carbocycles. The van der Waals surface area contributed by atoms with Crippen molar-refractivity contribution >= 4 is 17.5 Å². The Kier molecular flexibility index (Phi) is 4.75. The van der Waals surface area contributed by atoms with Crippen LogP contribution in [0.4, 0.5) is 0 Å². The van der Waals surface area contributed by atoms with Crippen molar-refractivity contribution in [2.24, 2.45) is 5.92 Å². The van der Waals surface area contributed by atoms with Crippen LogP contribution in [-0.4, -0.2) is 49.6 Å². The molecule has 0 aliphatic heterocycles. The molecule has 0 aliphatic rings. The predicted molar refractivity (Wildman–Crippen MR) is 80.7 cm³/mol. The van der Waals surface area contributed by atoms with Crippen LogP contribution in [0.2, 0.25) is 0 Å². The Morgan fingerprint density at radius 1 is 1.32 bits per heavy atom. The molecule has 118 valence electrons. The molecule has 0 saturated heterocycles. The largest absolute Gasteiger partial charge is 0.481 e. The van der Waals surface area contributed by atoms with E-state index in [2.05, 4.69) is 10.2 Å². The number of carbonyl (C=O) groups is 2. The monoisotopic (exact) mass is 304 g/mol. The van der Waals surface area contributed by atoms with E-state index in [4.69, 9.17) is 5.11 Å². The summed E-state index contributed by atoms with van der Waals surface area (Å²) in [6.07, 6.45) is 1.63. The molecule has 0 unspecified atom stereocenters. The molecule has 2 heterocycles. The summed E-state index contributed by atoms with van der Waals surface area (Å²) in [6.45, 7) is 6.52. The lowest BCUT2D eigenvalue weighted by molar-refractivity contribution is -0.137. The first kappa shape index (κ1) is 15.9. The Labute approximate surface area is 128 Å². The number of rotatable bonds is 6. The van der Waals surface area contributed by atoms with Gasteiger partial charge in [0.15, 0.2) is 5.65 Å². The highest BCUT2D eigenvalue weighted by Gasteiger charge is 2.18. The van der Waals surface area contributed by atoms with Gasteiger partial charge in [0.2, 0.25) is 0 Å². The van der Waals surface area contributed by atoms with Gasteiger partial charge < -0.3 is 10.0 Å². The molecule has 0 radical (unpaired) electrons. The van der Waals surface area contributed by atoms with E-state index in [0.717, 1.165) is 0 Å². The van der Waals surface area contributed by atoms with E-state index >= 15 is 0 Å². The zero-order valence-electron chi connectivity index (χ0n) is 13.0. The molecule has 0 bridgehead atoms. The van der Waals surface area contributed by atoms with Gasteiger partial charge in [-0.05, 0) is 25.0 Å². The van der Waals surface area contributed by atoms with E-state index in [-0.39, 0.29) is 24.8 Å². The average molecular weight is 304 g/mol. The molecule has 0 fully saturated rings. The number of nitrogens with zero attached hydrogens (tertiary/aromatic N) is 4. The molecule has 0 aromatic carbocycles. The van der Waals surface area contributed by atoms with Crippen LogP contribution in [0.15, 0.2) is 18.3 Å². The smallest absolute Gasteiger partial charge is 0.305 e. The molecule has 0 saturated carbocycles. The fourth-order valence-electron chi connectivity index (χ4n) is 2.26. The van der Waals surface area contributed by atoms with Gasteiger partial charge in [0.25, 0.3) is 5.91 Å². The van der Waals surface area contributed by atoms with Crippen molar-refractivity contribution in [3.63, 3.8) is 0 Å². The first-order valence-corrected chi connectivity index (χ1v) is 7.21. The minimum atomic E-state index is -0.910. The quantitative estimate of drug-likeness (QED) is 0.876. The second kappa shape index (κ2) is 6.55. The van der Waals surface area contributed by atoms with Crippen LogP contribution in [0, 0.1) is 12.8 Å². The SMILES string of the molecule is Cc1nnc2ccc(C(=O)N(CCC(=O)O)CC(C)C)cn12. The Morgan fingerprint density at radius 3 is 2.68 bits per heavy atom. The number of amides is 1. The average Bonchev–Trinajstić information content (AvgIpc) is 2.83. The molecule has 1 N–H and O–H groups in total. The fourth-order valence-corrected chi connectivity index (χ4v) is 2.26. The summed E-state index contributed by atoms with van der Waals surface area (Å²) in [5.41, 5.74) is 1.18. The van der Waals surface area contributed by atoms with Crippen LogP contribution in [0.3, 0.4) is 0 Å². The second-order valence-electron chi connectivity index (χ2n) is 5.68. The molecule has 1 amide bonds. The maximum atomic E-state index is 12.6. The summed E-state index contributed by atoms with van der Waals surface area (Å²) in [6, 6.07) is 3.43. The lowest BCUT2D eigenvalue weighted by Gasteiger charge is -2.24. The van der Waals surface area contributed by atoms with E-state index in [1.54, 1.807) is 27.6 Å².